The molecule has 34 heavy (non-hydrogen) atoms. The Kier molecular flexibility index (Phi) is 6.97. The second-order valence-electron chi connectivity index (χ2n) is 9.34. The highest BCUT2D eigenvalue weighted by Gasteiger charge is 2.23. The van der Waals surface area contributed by atoms with E-state index in [1.165, 1.54) is 16.8 Å². The number of carbonyl (C=O) groups excluding carboxylic acids is 1. The summed E-state index contributed by atoms with van der Waals surface area (Å²) >= 11 is 1.62. The van der Waals surface area contributed by atoms with Crippen LogP contribution in [0.4, 0.5) is 10.1 Å². The summed E-state index contributed by atoms with van der Waals surface area (Å²) in [7, 11) is 0. The minimum Gasteiger partial charge on any atom is -0.369 e. The molecule has 1 fully saturated rings. The van der Waals surface area contributed by atoms with Crippen LogP contribution >= 0.6 is 11.3 Å². The van der Waals surface area contributed by atoms with Crippen molar-refractivity contribution >= 4 is 38.6 Å². The number of anilines is 1. The van der Waals surface area contributed by atoms with Gasteiger partial charge in [0, 0.05) is 55.1 Å². The number of fused-ring (bicyclic) bond motifs is 2. The third kappa shape index (κ3) is 4.89. The van der Waals surface area contributed by atoms with Crippen LogP contribution in [0.1, 0.15) is 38.7 Å². The van der Waals surface area contributed by atoms with Crippen molar-refractivity contribution in [2.45, 2.75) is 32.6 Å². The molecule has 0 bridgehead atoms. The SMILES string of the molecule is CC1=C(C(=O)NCCCCN2CCCN(c3csc4cc(F)ccc34)CC2)Cc2ccccc21.[HH]. The lowest BCUT2D eigenvalue weighted by Gasteiger charge is -2.23. The number of amides is 1. The zero-order valence-corrected chi connectivity index (χ0v) is 20.6. The molecule has 0 spiro atoms. The molecule has 5 rings (SSSR count). The Labute approximate surface area is 206 Å². The van der Waals surface area contributed by atoms with Crippen molar-refractivity contribution in [1.29, 1.82) is 0 Å². The molecule has 1 aromatic heterocycles. The van der Waals surface area contributed by atoms with E-state index in [1.807, 2.05) is 18.2 Å². The van der Waals surface area contributed by atoms with Crippen LogP contribution in [0.15, 0.2) is 53.4 Å². The monoisotopic (exact) mass is 479 g/mol. The van der Waals surface area contributed by atoms with Gasteiger partial charge in [-0.05, 0) is 74.2 Å². The van der Waals surface area contributed by atoms with E-state index in [1.54, 1.807) is 23.5 Å². The van der Waals surface area contributed by atoms with Crippen LogP contribution in [0.3, 0.4) is 0 Å². The van der Waals surface area contributed by atoms with Gasteiger partial charge in [-0.2, -0.15) is 0 Å². The smallest absolute Gasteiger partial charge is 0.247 e. The molecule has 4 nitrogen and oxygen atoms in total. The number of hydrogen-bond acceptors (Lipinski definition) is 4. The van der Waals surface area contributed by atoms with Crippen molar-refractivity contribution in [3.63, 3.8) is 0 Å². The average molecular weight is 480 g/mol. The Morgan fingerprint density at radius 2 is 2.00 bits per heavy atom. The van der Waals surface area contributed by atoms with E-state index >= 15 is 0 Å². The number of thiophene rings is 1. The number of allylic oxidation sites excluding steroid dienone is 1. The highest BCUT2D eigenvalue weighted by atomic mass is 32.1. The summed E-state index contributed by atoms with van der Waals surface area (Å²) in [4.78, 5) is 17.7. The molecule has 2 aliphatic rings. The van der Waals surface area contributed by atoms with E-state index in [0.717, 1.165) is 86.2 Å². The molecule has 1 aliphatic carbocycles. The standard InChI is InChI=1S/C28H32FN3OS.H2/c1-20-23-8-3-2-7-21(23)17-25(20)28(33)30-11-4-5-12-31-13-6-14-32(16-15-31)26-19-34-27-18-22(29)9-10-24(26)27;/h2-3,7-10,18-19H,4-6,11-17H2,1H3,(H,30,33);1H. The van der Waals surface area contributed by atoms with Gasteiger partial charge in [-0.15, -0.1) is 11.3 Å². The van der Waals surface area contributed by atoms with Crippen molar-refractivity contribution in [3.8, 4) is 0 Å². The Morgan fingerprint density at radius 3 is 2.88 bits per heavy atom. The van der Waals surface area contributed by atoms with Gasteiger partial charge in [-0.3, -0.25) is 4.79 Å². The summed E-state index contributed by atoms with van der Waals surface area (Å²) in [5.41, 5.74) is 5.74. The molecule has 1 saturated heterocycles. The van der Waals surface area contributed by atoms with Crippen LogP contribution in [0, 0.1) is 5.82 Å². The van der Waals surface area contributed by atoms with Gasteiger partial charge in [0.1, 0.15) is 5.82 Å². The van der Waals surface area contributed by atoms with Crippen LogP contribution in [0.25, 0.3) is 15.7 Å². The molecule has 2 aromatic carbocycles. The van der Waals surface area contributed by atoms with Crippen molar-refractivity contribution in [3.05, 3.63) is 70.4 Å². The maximum atomic E-state index is 13.5. The fourth-order valence-electron chi connectivity index (χ4n) is 5.21. The summed E-state index contributed by atoms with van der Waals surface area (Å²) in [6.07, 6.45) is 3.95. The highest BCUT2D eigenvalue weighted by Crippen LogP contribution is 2.34. The molecule has 1 N–H and O–H groups in total. The highest BCUT2D eigenvalue weighted by molar-refractivity contribution is 7.17. The van der Waals surface area contributed by atoms with Crippen molar-refractivity contribution in [2.75, 3.05) is 44.2 Å². The van der Waals surface area contributed by atoms with Gasteiger partial charge in [-0.25, -0.2) is 4.39 Å². The van der Waals surface area contributed by atoms with Gasteiger partial charge in [0.15, 0.2) is 0 Å². The predicted molar refractivity (Wildman–Crippen MR) is 142 cm³/mol. The number of unbranched alkanes of at least 4 members (excludes halogenated alkanes) is 1. The topological polar surface area (TPSA) is 35.6 Å². The quantitative estimate of drug-likeness (QED) is 0.440. The number of nitrogens with zero attached hydrogens (tertiary/aromatic N) is 2. The molecular formula is C28H34FN3OS. The molecule has 180 valence electrons. The van der Waals surface area contributed by atoms with Crippen LogP contribution in [0.2, 0.25) is 0 Å². The van der Waals surface area contributed by atoms with E-state index in [2.05, 4.69) is 39.6 Å². The molecule has 0 saturated carbocycles. The van der Waals surface area contributed by atoms with Gasteiger partial charge in [0.05, 0.1) is 5.69 Å². The Morgan fingerprint density at radius 1 is 1.12 bits per heavy atom. The largest absolute Gasteiger partial charge is 0.369 e. The van der Waals surface area contributed by atoms with E-state index < -0.39 is 0 Å². The lowest BCUT2D eigenvalue weighted by molar-refractivity contribution is -0.117. The van der Waals surface area contributed by atoms with Gasteiger partial charge >= 0.3 is 0 Å². The zero-order valence-electron chi connectivity index (χ0n) is 19.8. The Bertz CT molecular complexity index is 1220. The summed E-state index contributed by atoms with van der Waals surface area (Å²) in [5.74, 6) is -0.0821. The van der Waals surface area contributed by atoms with Crippen LogP contribution < -0.4 is 10.2 Å². The van der Waals surface area contributed by atoms with Crippen LogP contribution in [-0.4, -0.2) is 50.1 Å². The molecule has 6 heteroatoms. The minimum absolute atomic E-state index is 0. The number of hydrogen-bond donors (Lipinski definition) is 1. The second kappa shape index (κ2) is 10.3. The molecule has 0 unspecified atom stereocenters. The number of nitrogens with one attached hydrogen (secondary N) is 1. The normalized spacial score (nSPS) is 16.7. The fourth-order valence-corrected chi connectivity index (χ4v) is 6.21. The molecule has 1 amide bonds. The summed E-state index contributed by atoms with van der Waals surface area (Å²) in [5, 5.41) is 6.47. The fraction of sp³-hybridized carbons (Fsp3) is 0.393. The minimum atomic E-state index is -0.167. The molecular weight excluding hydrogens is 445 g/mol. The molecule has 1 aliphatic heterocycles. The number of halogens is 1. The summed E-state index contributed by atoms with van der Waals surface area (Å²) in [6.45, 7) is 8.01. The summed E-state index contributed by atoms with van der Waals surface area (Å²) < 4.78 is 14.6. The van der Waals surface area contributed by atoms with Crippen molar-refractivity contribution in [2.24, 2.45) is 0 Å². The Hall–Kier alpha value is -2.70. The number of benzene rings is 2. The first-order chi connectivity index (χ1) is 16.6. The number of carbonyl (C=O) groups is 1. The van der Waals surface area contributed by atoms with E-state index in [-0.39, 0.29) is 13.2 Å². The first kappa shape index (κ1) is 23.1. The van der Waals surface area contributed by atoms with Crippen LogP contribution in [-0.2, 0) is 11.2 Å². The molecule has 0 radical (unpaired) electrons. The average Bonchev–Trinajstić information content (AvgIpc) is 3.32. The molecule has 0 atom stereocenters. The van der Waals surface area contributed by atoms with E-state index in [0.29, 0.717) is 0 Å². The van der Waals surface area contributed by atoms with Crippen molar-refractivity contribution in [1.82, 2.24) is 10.2 Å². The first-order valence-corrected chi connectivity index (χ1v) is 13.2. The lowest BCUT2D eigenvalue weighted by Crippen LogP contribution is -2.32. The maximum absolute atomic E-state index is 13.5. The zero-order chi connectivity index (χ0) is 23.5. The van der Waals surface area contributed by atoms with Gasteiger partial charge in [-0.1, -0.05) is 24.3 Å². The van der Waals surface area contributed by atoms with E-state index in [4.69, 9.17) is 0 Å². The first-order valence-electron chi connectivity index (χ1n) is 12.3. The van der Waals surface area contributed by atoms with Crippen LogP contribution in [0.5, 0.6) is 0 Å². The molecule has 2 heterocycles. The van der Waals surface area contributed by atoms with Gasteiger partial charge < -0.3 is 15.1 Å². The van der Waals surface area contributed by atoms with Crippen molar-refractivity contribution < 1.29 is 10.6 Å². The van der Waals surface area contributed by atoms with E-state index in [9.17, 15) is 9.18 Å². The molecule has 3 aromatic rings. The van der Waals surface area contributed by atoms with Gasteiger partial charge in [0.25, 0.3) is 0 Å². The third-order valence-corrected chi connectivity index (χ3v) is 8.08. The summed E-state index contributed by atoms with van der Waals surface area (Å²) in [6, 6.07) is 13.4. The second-order valence-corrected chi connectivity index (χ2v) is 10.3. The predicted octanol–water partition coefficient (Wildman–Crippen LogP) is 5.72. The maximum Gasteiger partial charge on any atom is 0.247 e. The number of rotatable bonds is 7. The van der Waals surface area contributed by atoms with Gasteiger partial charge in [0.2, 0.25) is 5.91 Å². The third-order valence-electron chi connectivity index (χ3n) is 7.15. The lowest BCUT2D eigenvalue weighted by atomic mass is 10.1. The Balaban J connectivity index is 0.00000289.